The van der Waals surface area contributed by atoms with Crippen molar-refractivity contribution >= 4 is 17.7 Å². The second-order valence-corrected chi connectivity index (χ2v) is 4.56. The summed E-state index contributed by atoms with van der Waals surface area (Å²) >= 11 is 0. The normalized spacial score (nSPS) is 10.2. The zero-order chi connectivity index (χ0) is 16.7. The van der Waals surface area contributed by atoms with Gasteiger partial charge in [-0.05, 0) is 17.7 Å². The molecular formula is C17H12N2O4. The maximum absolute atomic E-state index is 11.7. The van der Waals surface area contributed by atoms with Gasteiger partial charge in [0.2, 0.25) is 0 Å². The van der Waals surface area contributed by atoms with Crippen LogP contribution in [0.15, 0.2) is 54.6 Å². The van der Waals surface area contributed by atoms with E-state index in [1.807, 2.05) is 6.07 Å². The number of nitrogens with zero attached hydrogens (tertiary/aromatic N) is 2. The van der Waals surface area contributed by atoms with E-state index in [0.717, 1.165) is 0 Å². The van der Waals surface area contributed by atoms with Crippen molar-refractivity contribution in [2.45, 2.75) is 6.61 Å². The fourth-order valence-electron chi connectivity index (χ4n) is 1.86. The highest BCUT2D eigenvalue weighted by Crippen LogP contribution is 2.14. The summed E-state index contributed by atoms with van der Waals surface area (Å²) in [5, 5.41) is 19.6. The van der Waals surface area contributed by atoms with Crippen LogP contribution in [0.2, 0.25) is 0 Å². The number of esters is 1. The number of non-ortho nitro benzene ring substituents is 1. The number of nitro benzene ring substituents is 1. The quantitative estimate of drug-likeness (QED) is 0.366. The Morgan fingerprint density at radius 2 is 2.04 bits per heavy atom. The van der Waals surface area contributed by atoms with Gasteiger partial charge in [-0.3, -0.25) is 10.1 Å². The molecule has 114 valence electrons. The van der Waals surface area contributed by atoms with E-state index in [2.05, 4.69) is 0 Å². The van der Waals surface area contributed by atoms with E-state index in [-0.39, 0.29) is 12.3 Å². The number of carbonyl (C=O) groups is 1. The first kappa shape index (κ1) is 15.9. The zero-order valence-corrected chi connectivity index (χ0v) is 12.0. The third-order valence-corrected chi connectivity index (χ3v) is 3.00. The fraction of sp³-hybridized carbons (Fsp3) is 0.0588. The number of nitro groups is 1. The van der Waals surface area contributed by atoms with Crippen molar-refractivity contribution in [3.05, 3.63) is 81.4 Å². The van der Waals surface area contributed by atoms with E-state index in [0.29, 0.717) is 16.7 Å². The molecule has 6 heteroatoms. The highest BCUT2D eigenvalue weighted by molar-refractivity contribution is 5.87. The fourth-order valence-corrected chi connectivity index (χ4v) is 1.86. The molecule has 0 N–H and O–H groups in total. The summed E-state index contributed by atoms with van der Waals surface area (Å²) in [6.45, 7) is -0.0121. The molecule has 0 atom stereocenters. The minimum Gasteiger partial charge on any atom is -0.458 e. The van der Waals surface area contributed by atoms with Crippen LogP contribution in [0, 0.1) is 21.4 Å². The number of ether oxygens (including phenoxy) is 1. The standard InChI is InChI=1S/C17H12N2O4/c18-11-14-5-1-2-6-15(14)12-23-17(20)9-8-13-4-3-7-16(10-13)19(21)22/h1-10H,12H2/b9-8+. The summed E-state index contributed by atoms with van der Waals surface area (Å²) in [4.78, 5) is 21.9. The summed E-state index contributed by atoms with van der Waals surface area (Å²) in [7, 11) is 0. The molecule has 0 saturated heterocycles. The zero-order valence-electron chi connectivity index (χ0n) is 12.0. The van der Waals surface area contributed by atoms with Crippen LogP contribution < -0.4 is 0 Å². The van der Waals surface area contributed by atoms with Crippen LogP contribution in [-0.2, 0) is 16.1 Å². The van der Waals surface area contributed by atoms with Gasteiger partial charge in [0.1, 0.15) is 6.61 Å². The van der Waals surface area contributed by atoms with E-state index < -0.39 is 10.9 Å². The molecule has 0 amide bonds. The second-order valence-electron chi connectivity index (χ2n) is 4.56. The third-order valence-electron chi connectivity index (χ3n) is 3.00. The molecule has 0 aliphatic heterocycles. The van der Waals surface area contributed by atoms with Crippen molar-refractivity contribution < 1.29 is 14.5 Å². The molecule has 0 saturated carbocycles. The van der Waals surface area contributed by atoms with Crippen LogP contribution in [0.4, 0.5) is 5.69 Å². The predicted molar refractivity (Wildman–Crippen MR) is 83.1 cm³/mol. The maximum atomic E-state index is 11.7. The van der Waals surface area contributed by atoms with Gasteiger partial charge in [-0.1, -0.05) is 30.3 Å². The van der Waals surface area contributed by atoms with Gasteiger partial charge in [0.25, 0.3) is 5.69 Å². The molecule has 0 aromatic heterocycles. The van der Waals surface area contributed by atoms with Gasteiger partial charge in [0, 0.05) is 23.8 Å². The van der Waals surface area contributed by atoms with Gasteiger partial charge < -0.3 is 4.74 Å². The summed E-state index contributed by atoms with van der Waals surface area (Å²) in [6, 6.07) is 14.7. The van der Waals surface area contributed by atoms with Gasteiger partial charge in [-0.25, -0.2) is 4.79 Å². The Hall–Kier alpha value is -3.46. The first-order valence-corrected chi connectivity index (χ1v) is 6.67. The largest absolute Gasteiger partial charge is 0.458 e. The molecule has 23 heavy (non-hydrogen) atoms. The SMILES string of the molecule is N#Cc1ccccc1COC(=O)/C=C/c1cccc([N+](=O)[O-])c1. The number of hydrogen-bond acceptors (Lipinski definition) is 5. The van der Waals surface area contributed by atoms with Crippen LogP contribution in [0.5, 0.6) is 0 Å². The van der Waals surface area contributed by atoms with Crippen molar-refractivity contribution in [1.29, 1.82) is 5.26 Å². The van der Waals surface area contributed by atoms with Gasteiger partial charge in [-0.15, -0.1) is 0 Å². The van der Waals surface area contributed by atoms with Crippen molar-refractivity contribution in [3.63, 3.8) is 0 Å². The summed E-state index contributed by atoms with van der Waals surface area (Å²) in [5.74, 6) is -0.593. The molecule has 0 heterocycles. The van der Waals surface area contributed by atoms with Crippen LogP contribution in [-0.4, -0.2) is 10.9 Å². The van der Waals surface area contributed by atoms with E-state index in [1.54, 1.807) is 30.3 Å². The highest BCUT2D eigenvalue weighted by Gasteiger charge is 2.05. The Morgan fingerprint density at radius 3 is 2.78 bits per heavy atom. The van der Waals surface area contributed by atoms with E-state index >= 15 is 0 Å². The van der Waals surface area contributed by atoms with E-state index in [4.69, 9.17) is 10.00 Å². The van der Waals surface area contributed by atoms with Crippen LogP contribution in [0.25, 0.3) is 6.08 Å². The number of rotatable bonds is 5. The topological polar surface area (TPSA) is 93.2 Å². The molecule has 0 radical (unpaired) electrons. The number of benzene rings is 2. The van der Waals surface area contributed by atoms with Gasteiger partial charge in [0.15, 0.2) is 0 Å². The molecule has 2 aromatic rings. The predicted octanol–water partition coefficient (Wildman–Crippen LogP) is 3.22. The Bertz CT molecular complexity index is 806. The average Bonchev–Trinajstić information content (AvgIpc) is 2.58. The lowest BCUT2D eigenvalue weighted by Crippen LogP contribution is -2.02. The maximum Gasteiger partial charge on any atom is 0.331 e. The number of nitriles is 1. The molecule has 0 aliphatic rings. The molecule has 0 aliphatic carbocycles. The smallest absolute Gasteiger partial charge is 0.331 e. The molecular weight excluding hydrogens is 296 g/mol. The van der Waals surface area contributed by atoms with Crippen molar-refractivity contribution in [2.75, 3.05) is 0 Å². The minimum atomic E-state index is -0.593. The molecule has 6 nitrogen and oxygen atoms in total. The second kappa shape index (κ2) is 7.52. The van der Waals surface area contributed by atoms with Gasteiger partial charge in [-0.2, -0.15) is 5.26 Å². The third kappa shape index (κ3) is 4.51. The summed E-state index contributed by atoms with van der Waals surface area (Å²) < 4.78 is 5.06. The molecule has 0 unspecified atom stereocenters. The highest BCUT2D eigenvalue weighted by atomic mass is 16.6. The minimum absolute atomic E-state index is 0.0121. The molecule has 0 bridgehead atoms. The van der Waals surface area contributed by atoms with E-state index in [9.17, 15) is 14.9 Å². The Morgan fingerprint density at radius 1 is 1.26 bits per heavy atom. The first-order chi connectivity index (χ1) is 11.1. The van der Waals surface area contributed by atoms with Crippen molar-refractivity contribution in [1.82, 2.24) is 0 Å². The Kier molecular flexibility index (Phi) is 5.21. The molecule has 2 aromatic carbocycles. The van der Waals surface area contributed by atoms with Crippen LogP contribution in [0.3, 0.4) is 0 Å². The van der Waals surface area contributed by atoms with Crippen molar-refractivity contribution in [3.8, 4) is 6.07 Å². The number of hydrogen-bond donors (Lipinski definition) is 0. The lowest BCUT2D eigenvalue weighted by atomic mass is 10.1. The monoisotopic (exact) mass is 308 g/mol. The first-order valence-electron chi connectivity index (χ1n) is 6.67. The lowest BCUT2D eigenvalue weighted by Gasteiger charge is -2.03. The summed E-state index contributed by atoms with van der Waals surface area (Å²) in [6.07, 6.45) is 2.62. The molecule has 2 rings (SSSR count). The lowest BCUT2D eigenvalue weighted by molar-refractivity contribution is -0.384. The summed E-state index contributed by atoms with van der Waals surface area (Å²) in [5.41, 5.74) is 1.53. The van der Waals surface area contributed by atoms with Crippen LogP contribution in [0.1, 0.15) is 16.7 Å². The van der Waals surface area contributed by atoms with Gasteiger partial charge in [0.05, 0.1) is 16.6 Å². The molecule has 0 spiro atoms. The van der Waals surface area contributed by atoms with Gasteiger partial charge >= 0.3 is 5.97 Å². The Balaban J connectivity index is 1.98. The van der Waals surface area contributed by atoms with E-state index in [1.165, 1.54) is 30.4 Å². The Labute approximate surface area is 132 Å². The average molecular weight is 308 g/mol. The molecule has 0 fully saturated rings. The van der Waals surface area contributed by atoms with Crippen molar-refractivity contribution in [2.24, 2.45) is 0 Å². The van der Waals surface area contributed by atoms with Crippen LogP contribution >= 0.6 is 0 Å². The number of carbonyl (C=O) groups excluding carboxylic acids is 1.